The smallest absolute Gasteiger partial charge is 0.170 e. The monoisotopic (exact) mass is 456 g/mol. The van der Waals surface area contributed by atoms with E-state index in [-0.39, 0.29) is 5.41 Å². The molecule has 31 heavy (non-hydrogen) atoms. The lowest BCUT2D eigenvalue weighted by molar-refractivity contribution is 0.292. The molecule has 1 aliphatic carbocycles. The molecule has 0 spiro atoms. The van der Waals surface area contributed by atoms with Crippen molar-refractivity contribution in [3.8, 4) is 0 Å². The minimum absolute atomic E-state index is 0.0853. The maximum atomic E-state index is 6.30. The van der Waals surface area contributed by atoms with Gasteiger partial charge in [0.1, 0.15) is 5.82 Å². The van der Waals surface area contributed by atoms with Crippen LogP contribution in [-0.4, -0.2) is 29.7 Å². The number of hydrogen-bond acceptors (Lipinski definition) is 3. The second-order valence-electron chi connectivity index (χ2n) is 9.26. The molecule has 0 bridgehead atoms. The number of nitrogens with zero attached hydrogens (tertiary/aromatic N) is 2. The Bertz CT molecular complexity index is 879. The van der Waals surface area contributed by atoms with Crippen LogP contribution in [0.4, 0.5) is 11.5 Å². The third-order valence-corrected chi connectivity index (χ3v) is 7.30. The van der Waals surface area contributed by atoms with Gasteiger partial charge in [0, 0.05) is 30.1 Å². The first-order valence-corrected chi connectivity index (χ1v) is 12.3. The molecule has 0 radical (unpaired) electrons. The molecule has 2 aromatic rings. The van der Waals surface area contributed by atoms with Crippen LogP contribution in [0.2, 0.25) is 5.02 Å². The Morgan fingerprint density at radius 1 is 1.19 bits per heavy atom. The fourth-order valence-corrected chi connectivity index (χ4v) is 5.46. The zero-order chi connectivity index (χ0) is 21.7. The fourth-order valence-electron chi connectivity index (χ4n) is 5.08. The lowest BCUT2D eigenvalue weighted by Gasteiger charge is -2.38. The molecule has 1 aromatic carbocycles. The number of pyridine rings is 1. The van der Waals surface area contributed by atoms with E-state index in [1.165, 1.54) is 37.7 Å². The summed E-state index contributed by atoms with van der Waals surface area (Å²) in [6.07, 6.45) is 10.6. The predicted molar refractivity (Wildman–Crippen MR) is 135 cm³/mol. The molecule has 4 rings (SSSR count). The standard InChI is InChI=1S/C25H33ClN4S/c1-19-7-6-14-30(17-19)23-11-10-22(16-27-23)29-24(31)28-18-25(12-3-2-4-13-25)20-8-5-9-21(26)15-20/h5,8-11,15-16,19H,2-4,6-7,12-14,17-18H2,1H3,(H2,28,29,31)/t19-/m1/s1. The molecule has 0 amide bonds. The van der Waals surface area contributed by atoms with Crippen molar-refractivity contribution in [1.82, 2.24) is 10.3 Å². The normalized spacial score (nSPS) is 20.8. The van der Waals surface area contributed by atoms with Gasteiger partial charge in [0.2, 0.25) is 0 Å². The van der Waals surface area contributed by atoms with Crippen molar-refractivity contribution < 1.29 is 0 Å². The van der Waals surface area contributed by atoms with Gasteiger partial charge in [-0.15, -0.1) is 0 Å². The molecular formula is C25H33ClN4S. The summed E-state index contributed by atoms with van der Waals surface area (Å²) in [6.45, 7) is 5.31. The average molecular weight is 457 g/mol. The molecule has 2 fully saturated rings. The van der Waals surface area contributed by atoms with Gasteiger partial charge < -0.3 is 15.5 Å². The van der Waals surface area contributed by atoms with Gasteiger partial charge in [0.15, 0.2) is 5.11 Å². The number of benzene rings is 1. The summed E-state index contributed by atoms with van der Waals surface area (Å²) in [4.78, 5) is 7.05. The summed E-state index contributed by atoms with van der Waals surface area (Å²) in [5, 5.41) is 8.25. The molecule has 1 saturated heterocycles. The van der Waals surface area contributed by atoms with Gasteiger partial charge >= 0.3 is 0 Å². The average Bonchev–Trinajstić information content (AvgIpc) is 2.79. The van der Waals surface area contributed by atoms with Gasteiger partial charge in [0.05, 0.1) is 11.9 Å². The third kappa shape index (κ3) is 5.69. The number of anilines is 2. The zero-order valence-electron chi connectivity index (χ0n) is 18.4. The number of nitrogens with one attached hydrogen (secondary N) is 2. The molecule has 1 aromatic heterocycles. The van der Waals surface area contributed by atoms with Crippen molar-refractivity contribution in [2.24, 2.45) is 5.92 Å². The highest BCUT2D eigenvalue weighted by Crippen LogP contribution is 2.39. The number of thiocarbonyl (C=S) groups is 1. The topological polar surface area (TPSA) is 40.2 Å². The van der Waals surface area contributed by atoms with Crippen molar-refractivity contribution in [2.45, 2.75) is 57.3 Å². The highest BCUT2D eigenvalue weighted by Gasteiger charge is 2.34. The van der Waals surface area contributed by atoms with Crippen molar-refractivity contribution in [3.63, 3.8) is 0 Å². The quantitative estimate of drug-likeness (QED) is 0.527. The van der Waals surface area contributed by atoms with Crippen molar-refractivity contribution in [2.75, 3.05) is 29.9 Å². The maximum Gasteiger partial charge on any atom is 0.170 e. The van der Waals surface area contributed by atoms with Crippen LogP contribution in [0.15, 0.2) is 42.6 Å². The Labute approximate surface area is 196 Å². The van der Waals surface area contributed by atoms with Crippen LogP contribution in [-0.2, 0) is 5.41 Å². The largest absolute Gasteiger partial charge is 0.362 e. The second kappa shape index (κ2) is 10.2. The lowest BCUT2D eigenvalue weighted by atomic mass is 9.69. The summed E-state index contributed by atoms with van der Waals surface area (Å²) in [7, 11) is 0. The van der Waals surface area contributed by atoms with Gasteiger partial charge in [-0.3, -0.25) is 0 Å². The molecule has 2 aliphatic rings. The number of hydrogen-bond donors (Lipinski definition) is 2. The van der Waals surface area contributed by atoms with E-state index >= 15 is 0 Å². The van der Waals surface area contributed by atoms with Gasteiger partial charge in [-0.2, -0.15) is 0 Å². The van der Waals surface area contributed by atoms with Crippen LogP contribution in [0.3, 0.4) is 0 Å². The molecule has 1 saturated carbocycles. The zero-order valence-corrected chi connectivity index (χ0v) is 19.9. The second-order valence-corrected chi connectivity index (χ2v) is 10.1. The molecule has 166 valence electrons. The summed E-state index contributed by atoms with van der Waals surface area (Å²) in [5.41, 5.74) is 2.32. The summed E-state index contributed by atoms with van der Waals surface area (Å²) < 4.78 is 0. The van der Waals surface area contributed by atoms with E-state index in [1.54, 1.807) is 0 Å². The molecule has 1 atom stereocenters. The first-order valence-electron chi connectivity index (χ1n) is 11.6. The first-order chi connectivity index (χ1) is 15.0. The minimum Gasteiger partial charge on any atom is -0.362 e. The number of rotatable bonds is 5. The van der Waals surface area contributed by atoms with Gasteiger partial charge in [-0.05, 0) is 73.6 Å². The van der Waals surface area contributed by atoms with E-state index in [1.807, 2.05) is 12.3 Å². The van der Waals surface area contributed by atoms with E-state index < -0.39 is 0 Å². The molecule has 2 heterocycles. The van der Waals surface area contributed by atoms with Crippen LogP contribution in [0.5, 0.6) is 0 Å². The molecular weight excluding hydrogens is 424 g/mol. The van der Waals surface area contributed by atoms with Crippen LogP contribution < -0.4 is 15.5 Å². The Morgan fingerprint density at radius 3 is 2.74 bits per heavy atom. The summed E-state index contributed by atoms with van der Waals surface area (Å²) >= 11 is 11.9. The van der Waals surface area contributed by atoms with E-state index in [4.69, 9.17) is 23.8 Å². The minimum atomic E-state index is 0.0853. The van der Waals surface area contributed by atoms with Gasteiger partial charge in [0.25, 0.3) is 0 Å². The third-order valence-electron chi connectivity index (χ3n) is 6.82. The van der Waals surface area contributed by atoms with Gasteiger partial charge in [-0.25, -0.2) is 4.98 Å². The molecule has 0 unspecified atom stereocenters. The van der Waals surface area contributed by atoms with E-state index in [9.17, 15) is 0 Å². The Balaban J connectivity index is 1.36. The molecule has 6 heteroatoms. The van der Waals surface area contributed by atoms with E-state index in [0.29, 0.717) is 5.11 Å². The SMILES string of the molecule is C[C@@H]1CCCN(c2ccc(NC(=S)NCC3(c4cccc(Cl)c4)CCCCC3)cn2)C1. The van der Waals surface area contributed by atoms with Gasteiger partial charge in [-0.1, -0.05) is 49.9 Å². The van der Waals surface area contributed by atoms with Crippen LogP contribution in [0.25, 0.3) is 0 Å². The summed E-state index contributed by atoms with van der Waals surface area (Å²) in [5.74, 6) is 1.79. The molecule has 4 nitrogen and oxygen atoms in total. The lowest BCUT2D eigenvalue weighted by Crippen LogP contribution is -2.43. The fraction of sp³-hybridized carbons (Fsp3) is 0.520. The number of halogens is 1. The van der Waals surface area contributed by atoms with Crippen molar-refractivity contribution in [3.05, 3.63) is 53.2 Å². The van der Waals surface area contributed by atoms with E-state index in [2.05, 4.69) is 57.8 Å². The maximum absolute atomic E-state index is 6.30. The van der Waals surface area contributed by atoms with Crippen LogP contribution in [0, 0.1) is 5.92 Å². The molecule has 2 N–H and O–H groups in total. The molecule has 1 aliphatic heterocycles. The number of piperidine rings is 1. The van der Waals surface area contributed by atoms with Crippen molar-refractivity contribution in [1.29, 1.82) is 0 Å². The van der Waals surface area contributed by atoms with Crippen LogP contribution in [0.1, 0.15) is 57.4 Å². The van der Waals surface area contributed by atoms with Crippen LogP contribution >= 0.6 is 23.8 Å². The predicted octanol–water partition coefficient (Wildman–Crippen LogP) is 6.16. The Kier molecular flexibility index (Phi) is 7.34. The highest BCUT2D eigenvalue weighted by molar-refractivity contribution is 7.80. The highest BCUT2D eigenvalue weighted by atomic mass is 35.5. The Hall–Kier alpha value is -1.85. The Morgan fingerprint density at radius 2 is 2.03 bits per heavy atom. The van der Waals surface area contributed by atoms with Crippen molar-refractivity contribution >= 4 is 40.4 Å². The van der Waals surface area contributed by atoms with E-state index in [0.717, 1.165) is 54.9 Å². The summed E-state index contributed by atoms with van der Waals surface area (Å²) in [6, 6.07) is 12.5. The number of aromatic nitrogens is 1. The first kappa shape index (κ1) is 22.3.